The average molecular weight is 194 g/mol. The Morgan fingerprint density at radius 2 is 2.21 bits per heavy atom. The summed E-state index contributed by atoms with van der Waals surface area (Å²) >= 11 is 0. The molecule has 2 aliphatic carbocycles. The van der Waals surface area contributed by atoms with E-state index >= 15 is 0 Å². The van der Waals surface area contributed by atoms with Crippen LogP contribution in [0, 0.1) is 23.0 Å². The van der Waals surface area contributed by atoms with E-state index in [9.17, 15) is 5.21 Å². The largest absolute Gasteiger partial charge is 0.722 e. The molecule has 5 nitrogen and oxygen atoms in total. The van der Waals surface area contributed by atoms with Gasteiger partial charge in [-0.1, -0.05) is 12.2 Å². The highest BCUT2D eigenvalue weighted by molar-refractivity contribution is 5.71. The van der Waals surface area contributed by atoms with Gasteiger partial charge in [0.15, 0.2) is 0 Å². The fourth-order valence-corrected chi connectivity index (χ4v) is 2.21. The van der Waals surface area contributed by atoms with Crippen molar-refractivity contribution in [1.29, 1.82) is 0 Å². The summed E-state index contributed by atoms with van der Waals surface area (Å²) in [5, 5.41) is 14.6. The molecule has 3 unspecified atom stereocenters. The molecule has 2 aliphatic rings. The van der Waals surface area contributed by atoms with Crippen LogP contribution in [0.5, 0.6) is 0 Å². The highest BCUT2D eigenvalue weighted by atomic mass is 16.5. The van der Waals surface area contributed by atoms with E-state index in [4.69, 9.17) is 11.5 Å². The number of hydrogen-bond donors (Lipinski definition) is 2. The van der Waals surface area contributed by atoms with E-state index < -0.39 is 0 Å². The number of fused-ring (bicyclic) bond motifs is 2. The maximum Gasteiger partial charge on any atom is 0.366 e. The van der Waals surface area contributed by atoms with Gasteiger partial charge >= 0.3 is 5.96 Å². The molecule has 1 saturated carbocycles. The van der Waals surface area contributed by atoms with Gasteiger partial charge < -0.3 is 5.21 Å². The Labute approximate surface area is 82.4 Å². The predicted molar refractivity (Wildman–Crippen MR) is 54.3 cm³/mol. The maximum atomic E-state index is 10.9. The number of allylic oxidation sites excluding steroid dienone is 2. The molecule has 5 heteroatoms. The highest BCUT2D eigenvalue weighted by Crippen LogP contribution is 2.42. The molecule has 2 rings (SSSR count). The van der Waals surface area contributed by atoms with Crippen molar-refractivity contribution in [2.75, 3.05) is 0 Å². The SMILES string of the molecule is NC(N)=[N+]([O-])/N=C/C1CC2C=CC1C2. The van der Waals surface area contributed by atoms with Crippen molar-refractivity contribution in [3.63, 3.8) is 0 Å². The number of hydrazone groups is 1. The summed E-state index contributed by atoms with van der Waals surface area (Å²) in [4.78, 5) is 0.260. The molecule has 3 atom stereocenters. The van der Waals surface area contributed by atoms with Crippen molar-refractivity contribution in [1.82, 2.24) is 0 Å². The maximum absolute atomic E-state index is 10.9. The molecule has 0 aromatic rings. The lowest BCUT2D eigenvalue weighted by Crippen LogP contribution is -2.31. The van der Waals surface area contributed by atoms with Crippen LogP contribution in [-0.2, 0) is 0 Å². The quantitative estimate of drug-likeness (QED) is 0.161. The van der Waals surface area contributed by atoms with Gasteiger partial charge in [-0.05, 0) is 24.7 Å². The summed E-state index contributed by atoms with van der Waals surface area (Å²) < 4.78 is 0. The number of nitrogens with zero attached hydrogens (tertiary/aromatic N) is 2. The van der Waals surface area contributed by atoms with Crippen LogP contribution in [0.1, 0.15) is 12.8 Å². The first kappa shape index (κ1) is 9.05. The Morgan fingerprint density at radius 1 is 1.43 bits per heavy atom. The summed E-state index contributed by atoms with van der Waals surface area (Å²) in [6.07, 6.45) is 8.39. The summed E-state index contributed by atoms with van der Waals surface area (Å²) in [7, 11) is 0. The molecule has 0 aromatic carbocycles. The van der Waals surface area contributed by atoms with Gasteiger partial charge in [-0.3, -0.25) is 11.5 Å². The second kappa shape index (κ2) is 3.32. The normalized spacial score (nSPS) is 34.1. The first-order valence-electron chi connectivity index (χ1n) is 4.74. The Hall–Kier alpha value is -1.52. The molecule has 0 heterocycles. The molecule has 0 aliphatic heterocycles. The smallest absolute Gasteiger partial charge is 0.366 e. The van der Waals surface area contributed by atoms with Crippen LogP contribution in [0.25, 0.3) is 0 Å². The van der Waals surface area contributed by atoms with E-state index in [0.717, 1.165) is 6.42 Å². The van der Waals surface area contributed by atoms with E-state index in [0.29, 0.717) is 17.8 Å². The fraction of sp³-hybridized carbons (Fsp3) is 0.556. The topological polar surface area (TPSA) is 90.5 Å². The monoisotopic (exact) mass is 194 g/mol. The molecule has 0 radical (unpaired) electrons. The lowest BCUT2D eigenvalue weighted by Gasteiger charge is -2.12. The molecule has 1 fully saturated rings. The minimum Gasteiger partial charge on any atom is -0.722 e. The van der Waals surface area contributed by atoms with Gasteiger partial charge in [0.1, 0.15) is 0 Å². The average Bonchev–Trinajstić information content (AvgIpc) is 2.74. The molecule has 0 amide bonds. The second-order valence-electron chi connectivity index (χ2n) is 3.91. The molecular weight excluding hydrogens is 180 g/mol. The molecular formula is C9H14N4O. The van der Waals surface area contributed by atoms with Crippen molar-refractivity contribution in [2.45, 2.75) is 12.8 Å². The number of nitrogens with two attached hydrogens (primary N) is 2. The Morgan fingerprint density at radius 3 is 2.71 bits per heavy atom. The van der Waals surface area contributed by atoms with Crippen LogP contribution in [0.2, 0.25) is 0 Å². The lowest BCUT2D eigenvalue weighted by molar-refractivity contribution is -0.464. The Balaban J connectivity index is 2.00. The van der Waals surface area contributed by atoms with E-state index in [1.165, 1.54) is 6.42 Å². The first-order chi connectivity index (χ1) is 6.66. The zero-order valence-corrected chi connectivity index (χ0v) is 7.84. The standard InChI is InChI=1S/C9H14N4O/c10-9(11)13(14)12-5-8-4-6-1-2-7(8)3-6/h1-2,5-8H,3-4,10-11H2/b12-5+. The van der Waals surface area contributed by atoms with Gasteiger partial charge in [0.25, 0.3) is 0 Å². The summed E-state index contributed by atoms with van der Waals surface area (Å²) in [6, 6.07) is 0. The lowest BCUT2D eigenvalue weighted by atomic mass is 9.95. The third-order valence-electron chi connectivity index (χ3n) is 2.91. The van der Waals surface area contributed by atoms with E-state index in [1.807, 2.05) is 0 Å². The minimum absolute atomic E-state index is 0.260. The van der Waals surface area contributed by atoms with E-state index in [1.54, 1.807) is 6.21 Å². The van der Waals surface area contributed by atoms with Crippen LogP contribution >= 0.6 is 0 Å². The third kappa shape index (κ3) is 1.57. The van der Waals surface area contributed by atoms with Crippen LogP contribution in [-0.4, -0.2) is 17.0 Å². The molecule has 76 valence electrons. The Kier molecular flexibility index (Phi) is 2.15. The van der Waals surface area contributed by atoms with Crippen molar-refractivity contribution in [3.05, 3.63) is 17.4 Å². The van der Waals surface area contributed by atoms with E-state index in [-0.39, 0.29) is 10.8 Å². The number of rotatable bonds is 2. The molecule has 0 aromatic heterocycles. The molecule has 0 spiro atoms. The zero-order valence-electron chi connectivity index (χ0n) is 7.84. The van der Waals surface area contributed by atoms with Gasteiger partial charge in [-0.25, -0.2) is 0 Å². The van der Waals surface area contributed by atoms with Gasteiger partial charge in [0, 0.05) is 12.1 Å². The van der Waals surface area contributed by atoms with Gasteiger partial charge in [-0.15, -0.1) is 9.95 Å². The van der Waals surface area contributed by atoms with Crippen LogP contribution in [0.15, 0.2) is 17.3 Å². The van der Waals surface area contributed by atoms with Gasteiger partial charge in [-0.2, -0.15) is 0 Å². The zero-order chi connectivity index (χ0) is 10.1. The molecule has 2 bridgehead atoms. The minimum atomic E-state index is -0.319. The molecule has 14 heavy (non-hydrogen) atoms. The number of guanidine groups is 1. The predicted octanol–water partition coefficient (Wildman–Crippen LogP) is -0.0319. The van der Waals surface area contributed by atoms with Crippen LogP contribution in [0.3, 0.4) is 0 Å². The first-order valence-corrected chi connectivity index (χ1v) is 4.74. The van der Waals surface area contributed by atoms with Crippen LogP contribution < -0.4 is 11.5 Å². The summed E-state index contributed by atoms with van der Waals surface area (Å²) in [5.74, 6) is 1.28. The Bertz CT molecular complexity index is 317. The fourth-order valence-electron chi connectivity index (χ4n) is 2.21. The summed E-state index contributed by atoms with van der Waals surface area (Å²) in [6.45, 7) is 0. The number of hydrogen-bond acceptors (Lipinski definition) is 2. The van der Waals surface area contributed by atoms with E-state index in [2.05, 4.69) is 17.3 Å². The van der Waals surface area contributed by atoms with Crippen LogP contribution in [0.4, 0.5) is 0 Å². The molecule has 4 N–H and O–H groups in total. The van der Waals surface area contributed by atoms with Crippen molar-refractivity contribution in [2.24, 2.45) is 34.3 Å². The third-order valence-corrected chi connectivity index (χ3v) is 2.91. The van der Waals surface area contributed by atoms with Crippen molar-refractivity contribution >= 4 is 12.2 Å². The van der Waals surface area contributed by atoms with Gasteiger partial charge in [0.05, 0.1) is 0 Å². The second-order valence-corrected chi connectivity index (χ2v) is 3.91. The molecule has 0 saturated heterocycles. The highest BCUT2D eigenvalue weighted by Gasteiger charge is 2.34. The van der Waals surface area contributed by atoms with Crippen molar-refractivity contribution < 1.29 is 4.85 Å². The summed E-state index contributed by atoms with van der Waals surface area (Å²) in [5.41, 5.74) is 10.2. The van der Waals surface area contributed by atoms with Crippen molar-refractivity contribution in [3.8, 4) is 0 Å². The van der Waals surface area contributed by atoms with Gasteiger partial charge in [0.2, 0.25) is 0 Å².